The van der Waals surface area contributed by atoms with E-state index in [0.717, 1.165) is 11.0 Å². The first-order valence-corrected chi connectivity index (χ1v) is 9.77. The number of amides is 1. The normalized spacial score (nSPS) is 10.7. The van der Waals surface area contributed by atoms with Gasteiger partial charge in [-0.3, -0.25) is 4.79 Å². The molecule has 0 fully saturated rings. The smallest absolute Gasteiger partial charge is 0.244 e. The number of methoxy groups -OCH3 is 1. The molecule has 0 spiro atoms. The van der Waals surface area contributed by atoms with Gasteiger partial charge in [0.25, 0.3) is 0 Å². The largest absolute Gasteiger partial charge is 0.497 e. The van der Waals surface area contributed by atoms with Crippen molar-refractivity contribution in [1.82, 2.24) is 9.55 Å². The maximum atomic E-state index is 12.7. The number of hydrogen-bond donors (Lipinski definition) is 1. The van der Waals surface area contributed by atoms with E-state index in [4.69, 9.17) is 21.1 Å². The molecule has 1 aromatic heterocycles. The monoisotopic (exact) mass is 421 g/mol. The van der Waals surface area contributed by atoms with Crippen molar-refractivity contribution in [2.24, 2.45) is 0 Å². The number of rotatable bonds is 7. The van der Waals surface area contributed by atoms with Crippen LogP contribution in [0.2, 0.25) is 5.02 Å². The molecule has 152 valence electrons. The average Bonchev–Trinajstić information content (AvgIpc) is 3.10. The molecule has 0 aliphatic carbocycles. The van der Waals surface area contributed by atoms with Crippen molar-refractivity contribution in [3.8, 4) is 11.5 Å². The van der Waals surface area contributed by atoms with Gasteiger partial charge in [-0.15, -0.1) is 0 Å². The van der Waals surface area contributed by atoms with Crippen molar-refractivity contribution in [2.75, 3.05) is 12.4 Å². The van der Waals surface area contributed by atoms with Gasteiger partial charge in [-0.05, 0) is 36.4 Å². The zero-order valence-corrected chi connectivity index (χ0v) is 17.1. The van der Waals surface area contributed by atoms with E-state index in [1.165, 1.54) is 0 Å². The number of benzene rings is 3. The molecule has 0 aliphatic heterocycles. The van der Waals surface area contributed by atoms with E-state index < -0.39 is 0 Å². The summed E-state index contributed by atoms with van der Waals surface area (Å²) in [4.78, 5) is 17.4. The highest BCUT2D eigenvalue weighted by atomic mass is 35.5. The van der Waals surface area contributed by atoms with E-state index in [2.05, 4.69) is 10.3 Å². The second kappa shape index (κ2) is 8.88. The maximum absolute atomic E-state index is 12.7. The van der Waals surface area contributed by atoms with Crippen LogP contribution in [0.25, 0.3) is 11.0 Å². The quantitative estimate of drug-likeness (QED) is 0.460. The summed E-state index contributed by atoms with van der Waals surface area (Å²) >= 11 is 6.18. The number of para-hydroxylation sites is 3. The van der Waals surface area contributed by atoms with Crippen LogP contribution in [0.3, 0.4) is 0 Å². The Kier molecular flexibility index (Phi) is 5.86. The van der Waals surface area contributed by atoms with Crippen LogP contribution in [-0.2, 0) is 17.9 Å². The molecule has 1 N–H and O–H groups in total. The molecule has 7 heteroatoms. The Balaban J connectivity index is 1.56. The second-order valence-corrected chi connectivity index (χ2v) is 7.01. The fourth-order valence-corrected chi connectivity index (χ4v) is 3.35. The molecule has 0 bridgehead atoms. The minimum absolute atomic E-state index is 0.0962. The summed E-state index contributed by atoms with van der Waals surface area (Å²) in [6.07, 6.45) is 0. The first-order chi connectivity index (χ1) is 14.6. The van der Waals surface area contributed by atoms with E-state index in [-0.39, 0.29) is 19.1 Å². The number of fused-ring (bicyclic) bond motifs is 1. The van der Waals surface area contributed by atoms with Crippen LogP contribution in [0.15, 0.2) is 72.8 Å². The number of nitrogens with zero attached hydrogens (tertiary/aromatic N) is 2. The Bertz CT molecular complexity index is 1190. The van der Waals surface area contributed by atoms with Crippen LogP contribution in [-0.4, -0.2) is 22.6 Å². The van der Waals surface area contributed by atoms with Gasteiger partial charge in [-0.2, -0.15) is 0 Å². The third-order valence-corrected chi connectivity index (χ3v) is 4.89. The standard InChI is InChI=1S/C23H20ClN3O3/c1-29-17-8-6-7-16(13-17)25-23(28)14-27-20-11-4-3-10-19(20)26-22(27)15-30-21-12-5-2-9-18(21)24/h2-13H,14-15H2,1H3,(H,25,28). The summed E-state index contributed by atoms with van der Waals surface area (Å²) < 4.78 is 12.9. The molecule has 0 saturated heterocycles. The van der Waals surface area contributed by atoms with Gasteiger partial charge in [-0.25, -0.2) is 4.98 Å². The number of halogens is 1. The Morgan fingerprint density at radius 3 is 2.70 bits per heavy atom. The summed E-state index contributed by atoms with van der Waals surface area (Å²) in [5.41, 5.74) is 2.32. The van der Waals surface area contributed by atoms with Gasteiger partial charge >= 0.3 is 0 Å². The van der Waals surface area contributed by atoms with Gasteiger partial charge in [-0.1, -0.05) is 41.9 Å². The van der Waals surface area contributed by atoms with E-state index >= 15 is 0 Å². The lowest BCUT2D eigenvalue weighted by molar-refractivity contribution is -0.116. The molecule has 1 heterocycles. The number of aromatic nitrogens is 2. The van der Waals surface area contributed by atoms with Crippen LogP contribution >= 0.6 is 11.6 Å². The molecule has 1 amide bonds. The second-order valence-electron chi connectivity index (χ2n) is 6.60. The van der Waals surface area contributed by atoms with Crippen LogP contribution in [0, 0.1) is 0 Å². The first-order valence-electron chi connectivity index (χ1n) is 9.39. The molecule has 30 heavy (non-hydrogen) atoms. The SMILES string of the molecule is COc1cccc(NC(=O)Cn2c(COc3ccccc3Cl)nc3ccccc32)c1. The zero-order chi connectivity index (χ0) is 20.9. The fourth-order valence-electron chi connectivity index (χ4n) is 3.16. The molecule has 4 rings (SSSR count). The number of imidazole rings is 1. The lowest BCUT2D eigenvalue weighted by atomic mass is 10.3. The Morgan fingerprint density at radius 1 is 1.07 bits per heavy atom. The summed E-state index contributed by atoms with van der Waals surface area (Å²) in [6, 6.07) is 22.1. The molecule has 0 saturated carbocycles. The van der Waals surface area contributed by atoms with Gasteiger partial charge in [0.05, 0.1) is 23.2 Å². The topological polar surface area (TPSA) is 65.4 Å². The minimum Gasteiger partial charge on any atom is -0.497 e. The van der Waals surface area contributed by atoms with E-state index in [0.29, 0.717) is 28.0 Å². The number of nitrogens with one attached hydrogen (secondary N) is 1. The van der Waals surface area contributed by atoms with Crippen LogP contribution in [0.5, 0.6) is 11.5 Å². The number of anilines is 1. The van der Waals surface area contributed by atoms with Crippen LogP contribution in [0.1, 0.15) is 5.82 Å². The minimum atomic E-state index is -0.176. The summed E-state index contributed by atoms with van der Waals surface area (Å²) in [5.74, 6) is 1.70. The highest BCUT2D eigenvalue weighted by molar-refractivity contribution is 6.32. The third kappa shape index (κ3) is 4.39. The zero-order valence-electron chi connectivity index (χ0n) is 16.3. The van der Waals surface area contributed by atoms with Crippen molar-refractivity contribution in [1.29, 1.82) is 0 Å². The van der Waals surface area contributed by atoms with Gasteiger partial charge in [0.2, 0.25) is 5.91 Å². The summed E-state index contributed by atoms with van der Waals surface area (Å²) in [7, 11) is 1.59. The van der Waals surface area contributed by atoms with Gasteiger partial charge in [0, 0.05) is 11.8 Å². The third-order valence-electron chi connectivity index (χ3n) is 4.58. The number of carbonyl (C=O) groups excluding carboxylic acids is 1. The van der Waals surface area contributed by atoms with E-state index in [1.807, 2.05) is 59.2 Å². The van der Waals surface area contributed by atoms with E-state index in [1.54, 1.807) is 25.3 Å². The summed E-state index contributed by atoms with van der Waals surface area (Å²) in [6.45, 7) is 0.282. The molecule has 0 radical (unpaired) electrons. The summed E-state index contributed by atoms with van der Waals surface area (Å²) in [5, 5.41) is 3.42. The van der Waals surface area contributed by atoms with Gasteiger partial charge < -0.3 is 19.4 Å². The number of hydrogen-bond acceptors (Lipinski definition) is 4. The molecule has 6 nitrogen and oxygen atoms in total. The number of ether oxygens (including phenoxy) is 2. The van der Waals surface area contributed by atoms with E-state index in [9.17, 15) is 4.79 Å². The molecule has 4 aromatic rings. The Hall–Kier alpha value is -3.51. The maximum Gasteiger partial charge on any atom is 0.244 e. The molecule has 0 aliphatic rings. The van der Waals surface area contributed by atoms with Crippen LogP contribution in [0.4, 0.5) is 5.69 Å². The fraction of sp³-hybridized carbons (Fsp3) is 0.130. The van der Waals surface area contributed by atoms with Crippen molar-refractivity contribution in [3.05, 3.63) is 83.6 Å². The predicted molar refractivity (Wildman–Crippen MR) is 117 cm³/mol. The first kappa shape index (κ1) is 19.8. The van der Waals surface area contributed by atoms with Crippen molar-refractivity contribution < 1.29 is 14.3 Å². The lowest BCUT2D eigenvalue weighted by Crippen LogP contribution is -2.20. The number of carbonyl (C=O) groups is 1. The van der Waals surface area contributed by atoms with Crippen molar-refractivity contribution in [2.45, 2.75) is 13.2 Å². The van der Waals surface area contributed by atoms with Crippen molar-refractivity contribution in [3.63, 3.8) is 0 Å². The lowest BCUT2D eigenvalue weighted by Gasteiger charge is -2.12. The Labute approximate surface area is 179 Å². The average molecular weight is 422 g/mol. The highest BCUT2D eigenvalue weighted by Crippen LogP contribution is 2.25. The van der Waals surface area contributed by atoms with Gasteiger partial charge in [0.1, 0.15) is 30.5 Å². The van der Waals surface area contributed by atoms with Crippen molar-refractivity contribution >= 4 is 34.2 Å². The highest BCUT2D eigenvalue weighted by Gasteiger charge is 2.15. The predicted octanol–water partition coefficient (Wildman–Crippen LogP) is 4.92. The molecule has 0 atom stereocenters. The molecular weight excluding hydrogens is 402 g/mol. The van der Waals surface area contributed by atoms with Crippen LogP contribution < -0.4 is 14.8 Å². The molecular formula is C23H20ClN3O3. The molecule has 3 aromatic carbocycles. The molecule has 0 unspecified atom stereocenters. The Morgan fingerprint density at radius 2 is 1.87 bits per heavy atom. The van der Waals surface area contributed by atoms with Gasteiger partial charge in [0.15, 0.2) is 0 Å².